The van der Waals surface area contributed by atoms with Gasteiger partial charge in [0, 0.05) is 6.07 Å². The van der Waals surface area contributed by atoms with Crippen molar-refractivity contribution in [2.24, 2.45) is 0 Å². The smallest absolute Gasteiger partial charge is 0.182 e. The summed E-state index contributed by atoms with van der Waals surface area (Å²) in [5.41, 5.74) is 6.72. The van der Waals surface area contributed by atoms with Crippen LogP contribution in [0.4, 0.5) is 5.82 Å². The minimum Gasteiger partial charge on any atom is -0.497 e. The van der Waals surface area contributed by atoms with Crippen molar-refractivity contribution in [2.75, 3.05) is 20.0 Å². The molecule has 0 saturated heterocycles. The maximum absolute atomic E-state index is 8.83. The molecule has 2 rings (SSSR count). The maximum Gasteiger partial charge on any atom is 0.182 e. The summed E-state index contributed by atoms with van der Waals surface area (Å²) in [6.07, 6.45) is 1.48. The van der Waals surface area contributed by atoms with Gasteiger partial charge in [-0.2, -0.15) is 5.26 Å². The van der Waals surface area contributed by atoms with Gasteiger partial charge in [-0.05, 0) is 12.1 Å². The van der Waals surface area contributed by atoms with Gasteiger partial charge >= 0.3 is 0 Å². The fraction of sp³-hybridized carbons (Fsp3) is 0.167. The summed E-state index contributed by atoms with van der Waals surface area (Å²) in [4.78, 5) is 3.92. The van der Waals surface area contributed by atoms with Crippen molar-refractivity contribution in [3.05, 3.63) is 30.2 Å². The monoisotopic (exact) mass is 244 g/mol. The van der Waals surface area contributed by atoms with Crippen molar-refractivity contribution in [3.63, 3.8) is 0 Å². The third-order valence-electron chi connectivity index (χ3n) is 2.56. The van der Waals surface area contributed by atoms with E-state index in [0.29, 0.717) is 17.2 Å². The van der Waals surface area contributed by atoms with Crippen LogP contribution in [0.1, 0.15) is 5.69 Å². The number of hydrogen-bond donors (Lipinski definition) is 1. The lowest BCUT2D eigenvalue weighted by atomic mass is 10.2. The van der Waals surface area contributed by atoms with Crippen LogP contribution < -0.4 is 15.2 Å². The molecule has 1 heterocycles. The molecule has 1 aromatic heterocycles. The molecule has 6 nitrogen and oxygen atoms in total. The Balaban J connectivity index is 2.57. The van der Waals surface area contributed by atoms with Gasteiger partial charge < -0.3 is 15.2 Å². The molecule has 0 saturated carbocycles. The third kappa shape index (κ3) is 1.82. The number of aromatic nitrogens is 2. The Kier molecular flexibility index (Phi) is 3.06. The van der Waals surface area contributed by atoms with Crippen LogP contribution in [0.5, 0.6) is 11.5 Å². The average Bonchev–Trinajstić information content (AvgIpc) is 2.78. The molecule has 92 valence electrons. The van der Waals surface area contributed by atoms with E-state index in [-0.39, 0.29) is 11.5 Å². The number of nitrogens with two attached hydrogens (primary N) is 1. The number of ether oxygens (including phenoxy) is 2. The van der Waals surface area contributed by atoms with Crippen LogP contribution in [-0.2, 0) is 0 Å². The highest BCUT2D eigenvalue weighted by Crippen LogP contribution is 2.29. The number of methoxy groups -OCH3 is 2. The van der Waals surface area contributed by atoms with Crippen LogP contribution in [0.25, 0.3) is 5.69 Å². The molecule has 1 aromatic carbocycles. The van der Waals surface area contributed by atoms with Gasteiger partial charge in [0.25, 0.3) is 0 Å². The van der Waals surface area contributed by atoms with Crippen molar-refractivity contribution in [2.45, 2.75) is 0 Å². The predicted octanol–water partition coefficient (Wildman–Crippen LogP) is 1.34. The number of hydrogen-bond acceptors (Lipinski definition) is 5. The number of nitrogen functional groups attached to an aromatic ring is 1. The second kappa shape index (κ2) is 4.67. The highest BCUT2D eigenvalue weighted by Gasteiger charge is 2.13. The van der Waals surface area contributed by atoms with Gasteiger partial charge in [-0.1, -0.05) is 0 Å². The predicted molar refractivity (Wildman–Crippen MR) is 65.8 cm³/mol. The molecule has 0 amide bonds. The largest absolute Gasteiger partial charge is 0.497 e. The first-order valence-corrected chi connectivity index (χ1v) is 5.16. The Bertz CT molecular complexity index is 613. The van der Waals surface area contributed by atoms with Crippen LogP contribution in [0, 0.1) is 11.3 Å². The second-order valence-corrected chi connectivity index (χ2v) is 3.50. The third-order valence-corrected chi connectivity index (χ3v) is 2.56. The fourth-order valence-corrected chi connectivity index (χ4v) is 1.62. The summed E-state index contributed by atoms with van der Waals surface area (Å²) in [5.74, 6) is 1.54. The van der Waals surface area contributed by atoms with Crippen molar-refractivity contribution < 1.29 is 9.47 Å². The van der Waals surface area contributed by atoms with Crippen LogP contribution >= 0.6 is 0 Å². The average molecular weight is 244 g/mol. The molecule has 6 heteroatoms. The van der Waals surface area contributed by atoms with E-state index >= 15 is 0 Å². The van der Waals surface area contributed by atoms with Gasteiger partial charge in [0.2, 0.25) is 0 Å². The summed E-state index contributed by atoms with van der Waals surface area (Å²) in [6, 6.07) is 7.23. The number of nitrogens with zero attached hydrogens (tertiary/aromatic N) is 3. The molecule has 0 spiro atoms. The minimum atomic E-state index is 0.188. The molecule has 2 aromatic rings. The SMILES string of the molecule is COc1ccc(-n2cnc(C#N)c2N)c(OC)c1. The topological polar surface area (TPSA) is 86.1 Å². The van der Waals surface area contributed by atoms with Crippen molar-refractivity contribution >= 4 is 5.82 Å². The van der Waals surface area contributed by atoms with Gasteiger partial charge in [0.15, 0.2) is 5.69 Å². The first-order chi connectivity index (χ1) is 8.71. The highest BCUT2D eigenvalue weighted by atomic mass is 16.5. The first-order valence-electron chi connectivity index (χ1n) is 5.16. The fourth-order valence-electron chi connectivity index (χ4n) is 1.62. The Morgan fingerprint density at radius 2 is 2.11 bits per heavy atom. The minimum absolute atomic E-state index is 0.188. The van der Waals surface area contributed by atoms with Crippen molar-refractivity contribution in [1.82, 2.24) is 9.55 Å². The Morgan fingerprint density at radius 3 is 2.67 bits per heavy atom. The van der Waals surface area contributed by atoms with Crippen LogP contribution in [0.15, 0.2) is 24.5 Å². The lowest BCUT2D eigenvalue weighted by molar-refractivity contribution is 0.393. The summed E-state index contributed by atoms with van der Waals surface area (Å²) in [5, 5.41) is 8.83. The van der Waals surface area contributed by atoms with Gasteiger partial charge in [0.1, 0.15) is 29.7 Å². The standard InChI is InChI=1S/C12H12N4O2/c1-17-8-3-4-10(11(5-8)18-2)16-7-15-9(6-13)12(16)14/h3-5,7H,14H2,1-2H3. The lowest BCUT2D eigenvalue weighted by Crippen LogP contribution is -2.02. The number of benzene rings is 1. The van der Waals surface area contributed by atoms with Crippen molar-refractivity contribution in [3.8, 4) is 23.3 Å². The van der Waals surface area contributed by atoms with E-state index in [4.69, 9.17) is 20.5 Å². The van der Waals surface area contributed by atoms with E-state index in [1.165, 1.54) is 6.33 Å². The molecule has 0 aliphatic carbocycles. The van der Waals surface area contributed by atoms with Crippen LogP contribution in [-0.4, -0.2) is 23.8 Å². The number of rotatable bonds is 3. The van der Waals surface area contributed by atoms with Crippen LogP contribution in [0.3, 0.4) is 0 Å². The number of nitriles is 1. The Hall–Kier alpha value is -2.68. The molecule has 18 heavy (non-hydrogen) atoms. The molecule has 0 radical (unpaired) electrons. The summed E-state index contributed by atoms with van der Waals surface area (Å²) < 4.78 is 12.0. The molecular weight excluding hydrogens is 232 g/mol. The van der Waals surface area contributed by atoms with Gasteiger partial charge in [-0.25, -0.2) is 4.98 Å². The molecule has 0 atom stereocenters. The highest BCUT2D eigenvalue weighted by molar-refractivity contribution is 5.57. The molecule has 0 bridgehead atoms. The molecule has 0 unspecified atom stereocenters. The summed E-state index contributed by atoms with van der Waals surface area (Å²) >= 11 is 0. The number of imidazole rings is 1. The zero-order valence-electron chi connectivity index (χ0n) is 10.0. The van der Waals surface area contributed by atoms with E-state index in [1.54, 1.807) is 37.0 Å². The summed E-state index contributed by atoms with van der Waals surface area (Å²) in [6.45, 7) is 0. The van der Waals surface area contributed by atoms with E-state index in [2.05, 4.69) is 4.98 Å². The molecule has 0 fully saturated rings. The zero-order chi connectivity index (χ0) is 13.1. The Labute approximate surface area is 104 Å². The number of anilines is 1. The second-order valence-electron chi connectivity index (χ2n) is 3.50. The first kappa shape index (κ1) is 11.8. The van der Waals surface area contributed by atoms with Crippen molar-refractivity contribution in [1.29, 1.82) is 5.26 Å². The maximum atomic E-state index is 8.83. The van der Waals surface area contributed by atoms with E-state index in [1.807, 2.05) is 6.07 Å². The van der Waals surface area contributed by atoms with E-state index in [9.17, 15) is 0 Å². The molecule has 0 aliphatic heterocycles. The summed E-state index contributed by atoms with van der Waals surface area (Å²) in [7, 11) is 3.13. The normalized spacial score (nSPS) is 9.83. The molecule has 2 N–H and O–H groups in total. The Morgan fingerprint density at radius 1 is 1.33 bits per heavy atom. The molecular formula is C12H12N4O2. The van der Waals surface area contributed by atoms with Gasteiger partial charge in [-0.15, -0.1) is 0 Å². The zero-order valence-corrected chi connectivity index (χ0v) is 10.0. The lowest BCUT2D eigenvalue weighted by Gasteiger charge is -2.11. The van der Waals surface area contributed by atoms with Gasteiger partial charge in [0.05, 0.1) is 19.9 Å². The quantitative estimate of drug-likeness (QED) is 0.880. The van der Waals surface area contributed by atoms with E-state index < -0.39 is 0 Å². The molecule has 0 aliphatic rings. The van der Waals surface area contributed by atoms with Crippen LogP contribution in [0.2, 0.25) is 0 Å². The van der Waals surface area contributed by atoms with Gasteiger partial charge in [-0.3, -0.25) is 4.57 Å². The van der Waals surface area contributed by atoms with E-state index in [0.717, 1.165) is 0 Å².